The smallest absolute Gasteiger partial charge is 0.0921 e. The third kappa shape index (κ3) is 5.17. The predicted octanol–water partition coefficient (Wildman–Crippen LogP) is 0.282. The molecule has 22 heavy (non-hydrogen) atoms. The number of H-pyrrole nitrogens is 1. The molecule has 2 aromatic heterocycles. The van der Waals surface area contributed by atoms with Gasteiger partial charge in [-0.15, -0.1) is 11.3 Å². The molecule has 0 amide bonds. The van der Waals surface area contributed by atoms with E-state index in [1.54, 1.807) is 6.33 Å². The van der Waals surface area contributed by atoms with Crippen LogP contribution in [0.15, 0.2) is 30.1 Å². The first-order valence-corrected chi connectivity index (χ1v) is 7.33. The Morgan fingerprint density at radius 2 is 1.86 bits per heavy atom. The summed E-state index contributed by atoms with van der Waals surface area (Å²) in [4.78, 5) is 27.5. The van der Waals surface area contributed by atoms with Gasteiger partial charge in [-0.25, -0.2) is 4.98 Å². The third-order valence-electron chi connectivity index (χ3n) is 3.06. The number of aryl methyl sites for hydroxylation is 1. The van der Waals surface area contributed by atoms with E-state index in [9.17, 15) is 19.8 Å². The summed E-state index contributed by atoms with van der Waals surface area (Å²) in [6, 6.07) is 0. The Morgan fingerprint density at radius 3 is 2.23 bits per heavy atom. The van der Waals surface area contributed by atoms with Crippen LogP contribution in [0.4, 0.5) is 0 Å². The van der Waals surface area contributed by atoms with E-state index in [2.05, 4.69) is 36.1 Å². The number of carboxylic acid groups (broad SMARTS) is 2. The van der Waals surface area contributed by atoms with Gasteiger partial charge in [-0.05, 0) is 42.5 Å². The minimum absolute atomic E-state index is 0.384. The number of nitrogens with one attached hydrogen (secondary N) is 1. The van der Waals surface area contributed by atoms with Gasteiger partial charge in [-0.2, -0.15) is 0 Å². The van der Waals surface area contributed by atoms with E-state index >= 15 is 0 Å². The molecular formula is C15H16N2O4S-2. The highest BCUT2D eigenvalue weighted by Gasteiger charge is 2.14. The van der Waals surface area contributed by atoms with Gasteiger partial charge in [0.15, 0.2) is 0 Å². The maximum atomic E-state index is 9.41. The van der Waals surface area contributed by atoms with Crippen LogP contribution < -0.4 is 10.2 Å². The van der Waals surface area contributed by atoms with Gasteiger partial charge in [-0.3, -0.25) is 0 Å². The van der Waals surface area contributed by atoms with Gasteiger partial charge < -0.3 is 24.8 Å². The summed E-state index contributed by atoms with van der Waals surface area (Å²) < 4.78 is 0. The van der Waals surface area contributed by atoms with Crippen LogP contribution in [-0.4, -0.2) is 21.9 Å². The number of aliphatic carboxylic acids is 2. The molecule has 2 heterocycles. The zero-order valence-electron chi connectivity index (χ0n) is 12.5. The van der Waals surface area contributed by atoms with Gasteiger partial charge in [0.1, 0.15) is 0 Å². The molecule has 0 fully saturated rings. The van der Waals surface area contributed by atoms with Crippen molar-refractivity contribution in [2.75, 3.05) is 0 Å². The Hall–Kier alpha value is -2.41. The molecule has 1 unspecified atom stereocenters. The van der Waals surface area contributed by atoms with Crippen molar-refractivity contribution in [2.24, 2.45) is 0 Å². The number of carbonyl (C=O) groups excluding carboxylic acids is 2. The van der Waals surface area contributed by atoms with E-state index in [1.165, 1.54) is 21.7 Å². The lowest BCUT2D eigenvalue weighted by Gasteiger charge is -2.08. The molecule has 0 aliphatic rings. The van der Waals surface area contributed by atoms with E-state index in [0.29, 0.717) is 18.1 Å². The Labute approximate surface area is 132 Å². The molecule has 2 aromatic rings. The second kappa shape index (κ2) is 8.14. The lowest BCUT2D eigenvalue weighted by Crippen LogP contribution is -2.23. The van der Waals surface area contributed by atoms with Gasteiger partial charge in [0.25, 0.3) is 0 Å². The first-order valence-electron chi connectivity index (χ1n) is 6.45. The molecule has 7 heteroatoms. The quantitative estimate of drug-likeness (QED) is 0.814. The number of hydrogen-bond acceptors (Lipinski definition) is 6. The number of aromatic amines is 1. The summed E-state index contributed by atoms with van der Waals surface area (Å²) in [5, 5.41) is 21.0. The summed E-state index contributed by atoms with van der Waals surface area (Å²) in [5.41, 5.74) is 3.99. The SMILES string of the molecule is Cc1csc(C(C)c2cnc[nH]2)c1C.O=C([O-])/C=C/C(=O)[O-]. The fraction of sp³-hybridized carbons (Fsp3) is 0.267. The molecule has 0 aliphatic heterocycles. The molecule has 0 spiro atoms. The highest BCUT2D eigenvalue weighted by molar-refractivity contribution is 7.10. The molecule has 118 valence electrons. The van der Waals surface area contributed by atoms with Crippen LogP contribution in [-0.2, 0) is 9.59 Å². The average molecular weight is 320 g/mol. The lowest BCUT2D eigenvalue weighted by atomic mass is 10.0. The van der Waals surface area contributed by atoms with Gasteiger partial charge in [0, 0.05) is 22.7 Å². The zero-order chi connectivity index (χ0) is 16.7. The van der Waals surface area contributed by atoms with E-state index in [0.717, 1.165) is 0 Å². The molecule has 6 nitrogen and oxygen atoms in total. The minimum Gasteiger partial charge on any atom is -0.545 e. The number of aromatic nitrogens is 2. The van der Waals surface area contributed by atoms with Crippen LogP contribution in [0, 0.1) is 13.8 Å². The van der Waals surface area contributed by atoms with Crippen molar-refractivity contribution in [3.05, 3.63) is 51.8 Å². The van der Waals surface area contributed by atoms with E-state index in [-0.39, 0.29) is 0 Å². The van der Waals surface area contributed by atoms with Crippen LogP contribution in [0.3, 0.4) is 0 Å². The Kier molecular flexibility index (Phi) is 6.52. The summed E-state index contributed by atoms with van der Waals surface area (Å²) in [5.74, 6) is -2.67. The minimum atomic E-state index is -1.55. The highest BCUT2D eigenvalue weighted by atomic mass is 32.1. The molecule has 1 atom stereocenters. The van der Waals surface area contributed by atoms with Crippen LogP contribution in [0.2, 0.25) is 0 Å². The molecule has 0 saturated carbocycles. The van der Waals surface area contributed by atoms with Crippen LogP contribution in [0.25, 0.3) is 0 Å². The van der Waals surface area contributed by atoms with Crippen LogP contribution in [0.5, 0.6) is 0 Å². The van der Waals surface area contributed by atoms with E-state index in [4.69, 9.17) is 0 Å². The summed E-state index contributed by atoms with van der Waals surface area (Å²) in [6.45, 7) is 6.56. The number of rotatable bonds is 4. The maximum absolute atomic E-state index is 9.41. The van der Waals surface area contributed by atoms with Gasteiger partial charge in [0.05, 0.1) is 18.3 Å². The highest BCUT2D eigenvalue weighted by Crippen LogP contribution is 2.31. The van der Waals surface area contributed by atoms with Crippen LogP contribution >= 0.6 is 11.3 Å². The monoisotopic (exact) mass is 320 g/mol. The summed E-state index contributed by atoms with van der Waals surface area (Å²) in [7, 11) is 0. The predicted molar refractivity (Wildman–Crippen MR) is 79.1 cm³/mol. The second-order valence-electron chi connectivity index (χ2n) is 4.61. The van der Waals surface area contributed by atoms with Crippen molar-refractivity contribution in [3.8, 4) is 0 Å². The van der Waals surface area contributed by atoms with Crippen molar-refractivity contribution in [3.63, 3.8) is 0 Å². The molecule has 0 aromatic carbocycles. The first-order chi connectivity index (χ1) is 10.3. The topological polar surface area (TPSA) is 109 Å². The molecule has 2 rings (SSSR count). The number of carboxylic acids is 2. The summed E-state index contributed by atoms with van der Waals surface area (Å²) >= 11 is 1.83. The molecule has 1 N–H and O–H groups in total. The van der Waals surface area contributed by atoms with Crippen molar-refractivity contribution >= 4 is 23.3 Å². The van der Waals surface area contributed by atoms with E-state index < -0.39 is 11.9 Å². The maximum Gasteiger partial charge on any atom is 0.0921 e. The lowest BCUT2D eigenvalue weighted by molar-refractivity contribution is -0.301. The van der Waals surface area contributed by atoms with Crippen molar-refractivity contribution in [1.82, 2.24) is 9.97 Å². The molecule has 0 saturated heterocycles. The standard InChI is InChI=1S/C11H14N2S.C4H4O4/c1-7-5-14-11(8(7)2)9(3)10-4-12-6-13-10;5-3(6)1-2-4(7)8/h4-6,9H,1-3H3,(H,12,13);1-2H,(H,5,6)(H,7,8)/p-2/b;2-1+. The Morgan fingerprint density at radius 1 is 1.27 bits per heavy atom. The summed E-state index contributed by atoms with van der Waals surface area (Å²) in [6.07, 6.45) is 4.41. The molecule has 0 bridgehead atoms. The number of imidazole rings is 1. The average Bonchev–Trinajstić information content (AvgIpc) is 3.09. The number of carbonyl (C=O) groups is 2. The van der Waals surface area contributed by atoms with Gasteiger partial charge in [0.2, 0.25) is 0 Å². The molecule has 0 aliphatic carbocycles. The number of hydrogen-bond donors (Lipinski definition) is 1. The van der Waals surface area contributed by atoms with Gasteiger partial charge >= 0.3 is 0 Å². The third-order valence-corrected chi connectivity index (χ3v) is 4.44. The Balaban J connectivity index is 0.000000261. The number of nitrogens with zero attached hydrogens (tertiary/aromatic N) is 1. The second-order valence-corrected chi connectivity index (χ2v) is 5.52. The Bertz CT molecular complexity index is 643. The fourth-order valence-corrected chi connectivity index (χ4v) is 2.88. The van der Waals surface area contributed by atoms with Crippen LogP contribution in [0.1, 0.15) is 34.5 Å². The van der Waals surface area contributed by atoms with Crippen molar-refractivity contribution in [2.45, 2.75) is 26.7 Å². The van der Waals surface area contributed by atoms with Gasteiger partial charge in [-0.1, -0.05) is 6.92 Å². The number of thiophene rings is 1. The van der Waals surface area contributed by atoms with E-state index in [1.807, 2.05) is 17.5 Å². The fourth-order valence-electron chi connectivity index (χ4n) is 1.73. The largest absolute Gasteiger partial charge is 0.545 e. The molecule has 0 radical (unpaired) electrons. The van der Waals surface area contributed by atoms with Crippen molar-refractivity contribution in [1.29, 1.82) is 0 Å². The zero-order valence-corrected chi connectivity index (χ0v) is 13.3. The van der Waals surface area contributed by atoms with Crippen molar-refractivity contribution < 1.29 is 19.8 Å². The molecular weight excluding hydrogens is 304 g/mol. The normalized spacial score (nSPS) is 11.8. The first kappa shape index (κ1) is 17.6.